The Kier molecular flexibility index (Phi) is 12.3. The second-order valence-corrected chi connectivity index (χ2v) is 5.41. The molecule has 136 valence electrons. The Hall–Kier alpha value is -1.24. The minimum Gasteiger partial charge on any atom is -0.394 e. The number of benzene rings is 1. The van der Waals surface area contributed by atoms with Gasteiger partial charge >= 0.3 is 0 Å². The van der Waals surface area contributed by atoms with Crippen molar-refractivity contribution in [2.75, 3.05) is 52.9 Å². The summed E-state index contributed by atoms with van der Waals surface area (Å²) in [5.74, 6) is 0. The van der Waals surface area contributed by atoms with Crippen LogP contribution in [0.15, 0.2) is 30.3 Å². The van der Waals surface area contributed by atoms with E-state index in [0.717, 1.165) is 0 Å². The van der Waals surface area contributed by atoms with E-state index < -0.39 is 0 Å². The minimum absolute atomic E-state index is 0.0434. The fourth-order valence-electron chi connectivity index (χ4n) is 1.88. The van der Waals surface area contributed by atoms with Crippen molar-refractivity contribution < 1.29 is 24.1 Å². The normalized spacial score (nSPS) is 12.8. The zero-order valence-electron chi connectivity index (χ0n) is 14.8. The molecule has 0 spiro atoms. The Morgan fingerprint density at radius 3 is 2.00 bits per heavy atom. The molecule has 1 N–H and O–H groups in total. The molecule has 0 saturated heterocycles. The van der Waals surface area contributed by atoms with Gasteiger partial charge in [-0.05, 0) is 19.4 Å². The lowest BCUT2D eigenvalue weighted by atomic mass is 10.1. The molecule has 0 aliphatic rings. The third kappa shape index (κ3) is 11.3. The van der Waals surface area contributed by atoms with Gasteiger partial charge in [0.1, 0.15) is 0 Å². The highest BCUT2D eigenvalue weighted by Crippen LogP contribution is 2.06. The standard InChI is InChI=1S/C19H30O5/c1-17-3-6-19(7-4-17)8-5-18(2)24-16-15-23-14-13-22-12-11-21-10-9-20/h3-8,18,20H,9-16H2,1-2H3/b8-5+. The third-order valence-corrected chi connectivity index (χ3v) is 3.23. The van der Waals surface area contributed by atoms with Crippen LogP contribution in [0.1, 0.15) is 18.1 Å². The van der Waals surface area contributed by atoms with Gasteiger partial charge in [0.15, 0.2) is 0 Å². The monoisotopic (exact) mass is 338 g/mol. The second kappa shape index (κ2) is 14.1. The van der Waals surface area contributed by atoms with Crippen molar-refractivity contribution in [3.8, 4) is 0 Å². The average molecular weight is 338 g/mol. The van der Waals surface area contributed by atoms with Gasteiger partial charge in [-0.1, -0.05) is 42.0 Å². The zero-order chi connectivity index (χ0) is 17.5. The van der Waals surface area contributed by atoms with Crippen LogP contribution in [0.25, 0.3) is 6.08 Å². The van der Waals surface area contributed by atoms with Gasteiger partial charge in [-0.25, -0.2) is 0 Å². The van der Waals surface area contributed by atoms with Crippen LogP contribution in [0, 0.1) is 6.92 Å². The largest absolute Gasteiger partial charge is 0.394 e. The van der Waals surface area contributed by atoms with Crippen molar-refractivity contribution in [1.82, 2.24) is 0 Å². The molecule has 5 nitrogen and oxygen atoms in total. The summed E-state index contributed by atoms with van der Waals surface area (Å²) in [6.07, 6.45) is 4.16. The van der Waals surface area contributed by atoms with E-state index in [0.29, 0.717) is 46.2 Å². The van der Waals surface area contributed by atoms with Crippen LogP contribution in [0.4, 0.5) is 0 Å². The molecule has 0 saturated carbocycles. The first-order valence-corrected chi connectivity index (χ1v) is 8.43. The summed E-state index contributed by atoms with van der Waals surface area (Å²) >= 11 is 0. The van der Waals surface area contributed by atoms with Crippen molar-refractivity contribution in [2.45, 2.75) is 20.0 Å². The number of rotatable bonds is 14. The molecule has 5 heteroatoms. The predicted molar refractivity (Wildman–Crippen MR) is 95.2 cm³/mol. The molecule has 0 aromatic heterocycles. The first-order chi connectivity index (χ1) is 11.7. The second-order valence-electron chi connectivity index (χ2n) is 5.41. The van der Waals surface area contributed by atoms with Crippen LogP contribution in [0.2, 0.25) is 0 Å². The molecule has 1 atom stereocenters. The maximum absolute atomic E-state index is 8.53. The first-order valence-electron chi connectivity index (χ1n) is 8.43. The lowest BCUT2D eigenvalue weighted by Crippen LogP contribution is -2.14. The third-order valence-electron chi connectivity index (χ3n) is 3.23. The summed E-state index contributed by atoms with van der Waals surface area (Å²) < 4.78 is 21.5. The van der Waals surface area contributed by atoms with Crippen molar-refractivity contribution in [3.63, 3.8) is 0 Å². The van der Waals surface area contributed by atoms with E-state index in [9.17, 15) is 0 Å². The number of aryl methyl sites for hydroxylation is 1. The van der Waals surface area contributed by atoms with E-state index in [1.165, 1.54) is 11.1 Å². The molecule has 0 bridgehead atoms. The molecule has 1 aromatic rings. The van der Waals surface area contributed by atoms with Gasteiger partial charge in [0.05, 0.1) is 59.0 Å². The summed E-state index contributed by atoms with van der Waals surface area (Å²) in [7, 11) is 0. The number of aliphatic hydroxyl groups excluding tert-OH is 1. The Labute approximate surface area is 145 Å². The van der Waals surface area contributed by atoms with E-state index in [1.807, 2.05) is 13.0 Å². The topological polar surface area (TPSA) is 57.2 Å². The van der Waals surface area contributed by atoms with Gasteiger partial charge in [0.25, 0.3) is 0 Å². The molecule has 0 fully saturated rings. The van der Waals surface area contributed by atoms with E-state index in [4.69, 9.17) is 24.1 Å². The van der Waals surface area contributed by atoms with Crippen molar-refractivity contribution in [2.24, 2.45) is 0 Å². The maximum Gasteiger partial charge on any atom is 0.0732 e. The lowest BCUT2D eigenvalue weighted by molar-refractivity contribution is -0.0105. The van der Waals surface area contributed by atoms with E-state index in [-0.39, 0.29) is 12.7 Å². The molecule has 0 aliphatic heterocycles. The van der Waals surface area contributed by atoms with Gasteiger partial charge in [-0.15, -0.1) is 0 Å². The molecular formula is C19H30O5. The summed E-state index contributed by atoms with van der Waals surface area (Å²) in [5, 5.41) is 8.53. The van der Waals surface area contributed by atoms with Crippen molar-refractivity contribution in [3.05, 3.63) is 41.5 Å². The molecule has 0 heterocycles. The Balaban J connectivity index is 1.94. The first kappa shape index (κ1) is 20.8. The maximum atomic E-state index is 8.53. The minimum atomic E-state index is 0.0434. The van der Waals surface area contributed by atoms with Crippen molar-refractivity contribution >= 4 is 6.08 Å². The summed E-state index contributed by atoms with van der Waals surface area (Å²) in [6, 6.07) is 8.38. The molecule has 1 rings (SSSR count). The van der Waals surface area contributed by atoms with Gasteiger partial charge in [0.2, 0.25) is 0 Å². The van der Waals surface area contributed by atoms with E-state index in [1.54, 1.807) is 0 Å². The van der Waals surface area contributed by atoms with Gasteiger partial charge < -0.3 is 24.1 Å². The van der Waals surface area contributed by atoms with Crippen LogP contribution < -0.4 is 0 Å². The van der Waals surface area contributed by atoms with E-state index >= 15 is 0 Å². The zero-order valence-corrected chi connectivity index (χ0v) is 14.8. The highest BCUT2D eigenvalue weighted by atomic mass is 16.6. The Morgan fingerprint density at radius 1 is 0.875 bits per heavy atom. The van der Waals surface area contributed by atoms with Gasteiger partial charge in [-0.2, -0.15) is 0 Å². The highest BCUT2D eigenvalue weighted by Gasteiger charge is 1.97. The molecular weight excluding hydrogens is 308 g/mol. The van der Waals surface area contributed by atoms with E-state index in [2.05, 4.69) is 37.3 Å². The molecule has 0 amide bonds. The Morgan fingerprint density at radius 2 is 1.42 bits per heavy atom. The van der Waals surface area contributed by atoms with Crippen LogP contribution >= 0.6 is 0 Å². The van der Waals surface area contributed by atoms with Gasteiger partial charge in [0, 0.05) is 0 Å². The molecule has 1 unspecified atom stereocenters. The quantitative estimate of drug-likeness (QED) is 0.528. The summed E-state index contributed by atoms with van der Waals surface area (Å²) in [6.45, 7) is 7.68. The smallest absolute Gasteiger partial charge is 0.0732 e. The average Bonchev–Trinajstić information content (AvgIpc) is 2.59. The van der Waals surface area contributed by atoms with Crippen molar-refractivity contribution in [1.29, 1.82) is 0 Å². The van der Waals surface area contributed by atoms with Crippen LogP contribution in [-0.2, 0) is 18.9 Å². The Bertz CT molecular complexity index is 430. The summed E-state index contributed by atoms with van der Waals surface area (Å²) in [5.41, 5.74) is 2.43. The molecule has 0 radical (unpaired) electrons. The number of hydrogen-bond acceptors (Lipinski definition) is 5. The fraction of sp³-hybridized carbons (Fsp3) is 0.579. The lowest BCUT2D eigenvalue weighted by Gasteiger charge is -2.10. The number of hydrogen-bond donors (Lipinski definition) is 1. The predicted octanol–water partition coefficient (Wildman–Crippen LogP) is 2.46. The fourth-order valence-corrected chi connectivity index (χ4v) is 1.88. The summed E-state index contributed by atoms with van der Waals surface area (Å²) in [4.78, 5) is 0. The molecule has 1 aromatic carbocycles. The van der Waals surface area contributed by atoms with Crippen LogP contribution in [0.3, 0.4) is 0 Å². The number of ether oxygens (including phenoxy) is 4. The van der Waals surface area contributed by atoms with Gasteiger partial charge in [-0.3, -0.25) is 0 Å². The highest BCUT2D eigenvalue weighted by molar-refractivity contribution is 5.50. The molecule has 24 heavy (non-hydrogen) atoms. The van der Waals surface area contributed by atoms with Crippen LogP contribution in [-0.4, -0.2) is 64.1 Å². The SMILES string of the molecule is Cc1ccc(/C=C/C(C)OCCOCCOCCOCCO)cc1. The van der Waals surface area contributed by atoms with Crippen LogP contribution in [0.5, 0.6) is 0 Å². The molecule has 0 aliphatic carbocycles. The number of aliphatic hydroxyl groups is 1.